The largest absolute Gasteiger partial charge is 0.327 e. The number of aromatic nitrogens is 1. The molecular weight excluding hydrogens is 236 g/mol. The van der Waals surface area contributed by atoms with Gasteiger partial charge in [-0.3, -0.25) is 0 Å². The van der Waals surface area contributed by atoms with Crippen LogP contribution in [0, 0.1) is 19.8 Å². The number of hydrogen-bond acceptors (Lipinski definition) is 4. The first-order chi connectivity index (χ1) is 7.49. The van der Waals surface area contributed by atoms with E-state index in [4.69, 9.17) is 5.73 Å². The van der Waals surface area contributed by atoms with Crippen LogP contribution in [0.2, 0.25) is 0 Å². The quantitative estimate of drug-likeness (QED) is 0.852. The maximum absolute atomic E-state index is 6.10. The summed E-state index contributed by atoms with van der Waals surface area (Å²) in [6.07, 6.45) is 0.921. The topological polar surface area (TPSA) is 38.9 Å². The van der Waals surface area contributed by atoms with E-state index < -0.39 is 0 Å². The molecule has 0 aliphatic carbocycles. The van der Waals surface area contributed by atoms with Crippen LogP contribution in [-0.4, -0.2) is 22.5 Å². The smallest absolute Gasteiger partial charge is 0.0946 e. The average molecular weight is 258 g/mol. The van der Waals surface area contributed by atoms with Gasteiger partial charge in [0.25, 0.3) is 0 Å². The Morgan fingerprint density at radius 3 is 2.50 bits per heavy atom. The number of nitrogens with zero attached hydrogens (tertiary/aromatic N) is 1. The van der Waals surface area contributed by atoms with Gasteiger partial charge in [-0.25, -0.2) is 4.98 Å². The van der Waals surface area contributed by atoms with Crippen LogP contribution in [0.25, 0.3) is 0 Å². The Hall–Kier alpha value is -0.0600. The van der Waals surface area contributed by atoms with Gasteiger partial charge in [-0.15, -0.1) is 11.3 Å². The second-order valence-electron chi connectivity index (χ2n) is 4.64. The summed E-state index contributed by atoms with van der Waals surface area (Å²) in [5, 5.41) is 1.19. The summed E-state index contributed by atoms with van der Waals surface area (Å²) < 4.78 is 0. The van der Waals surface area contributed by atoms with Gasteiger partial charge < -0.3 is 5.73 Å². The summed E-state index contributed by atoms with van der Waals surface area (Å²) in [5.41, 5.74) is 7.25. The van der Waals surface area contributed by atoms with Crippen LogP contribution in [0.1, 0.15) is 29.4 Å². The highest BCUT2D eigenvalue weighted by molar-refractivity contribution is 7.99. The predicted molar refractivity (Wildman–Crippen MR) is 75.4 cm³/mol. The summed E-state index contributed by atoms with van der Waals surface area (Å²) in [7, 11) is 0. The van der Waals surface area contributed by atoms with Crippen LogP contribution in [-0.2, 0) is 6.42 Å². The summed E-state index contributed by atoms with van der Waals surface area (Å²) in [5.74, 6) is 2.99. The zero-order valence-electron chi connectivity index (χ0n) is 10.6. The molecule has 0 saturated carbocycles. The molecule has 0 aromatic carbocycles. The van der Waals surface area contributed by atoms with Crippen molar-refractivity contribution >= 4 is 23.1 Å². The van der Waals surface area contributed by atoms with Gasteiger partial charge in [0.15, 0.2) is 0 Å². The molecule has 1 rings (SSSR count). The summed E-state index contributed by atoms with van der Waals surface area (Å²) >= 11 is 3.73. The van der Waals surface area contributed by atoms with Crippen molar-refractivity contribution in [1.29, 1.82) is 0 Å². The van der Waals surface area contributed by atoms with Gasteiger partial charge in [0, 0.05) is 23.1 Å². The Morgan fingerprint density at radius 1 is 1.31 bits per heavy atom. The molecule has 0 amide bonds. The van der Waals surface area contributed by atoms with E-state index >= 15 is 0 Å². The molecule has 16 heavy (non-hydrogen) atoms. The van der Waals surface area contributed by atoms with E-state index in [0.717, 1.165) is 23.8 Å². The second-order valence-corrected chi connectivity index (χ2v) is 7.01. The molecule has 4 heteroatoms. The average Bonchev–Trinajstić information content (AvgIpc) is 2.44. The number of hydrogen-bond donors (Lipinski definition) is 1. The van der Waals surface area contributed by atoms with E-state index in [2.05, 4.69) is 32.7 Å². The molecular formula is C12H22N2S2. The van der Waals surface area contributed by atoms with Crippen LogP contribution >= 0.6 is 23.1 Å². The van der Waals surface area contributed by atoms with Crippen LogP contribution < -0.4 is 5.73 Å². The van der Waals surface area contributed by atoms with Crippen molar-refractivity contribution in [3.05, 3.63) is 15.6 Å². The van der Waals surface area contributed by atoms with E-state index in [1.165, 1.54) is 15.6 Å². The van der Waals surface area contributed by atoms with Crippen LogP contribution in [0.3, 0.4) is 0 Å². The highest BCUT2D eigenvalue weighted by atomic mass is 32.2. The lowest BCUT2D eigenvalue weighted by Gasteiger charge is -2.10. The number of nitrogens with two attached hydrogens (primary N) is 1. The number of thioether (sulfide) groups is 1. The van der Waals surface area contributed by atoms with Crippen molar-refractivity contribution < 1.29 is 0 Å². The van der Waals surface area contributed by atoms with Crippen molar-refractivity contribution in [2.75, 3.05) is 11.5 Å². The van der Waals surface area contributed by atoms with Crippen molar-refractivity contribution in [2.24, 2.45) is 11.7 Å². The molecule has 2 N–H and O–H groups in total. The molecule has 1 aromatic heterocycles. The van der Waals surface area contributed by atoms with E-state index in [0.29, 0.717) is 0 Å². The van der Waals surface area contributed by atoms with Crippen molar-refractivity contribution in [3.63, 3.8) is 0 Å². The highest BCUT2D eigenvalue weighted by Crippen LogP contribution is 2.18. The minimum absolute atomic E-state index is 0.244. The van der Waals surface area contributed by atoms with Crippen molar-refractivity contribution in [3.8, 4) is 0 Å². The third-order valence-electron chi connectivity index (χ3n) is 2.29. The molecule has 0 bridgehead atoms. The lowest BCUT2D eigenvalue weighted by atomic mass is 10.2. The third-order valence-corrected chi connectivity index (χ3v) is 4.95. The minimum atomic E-state index is 0.244. The molecule has 2 nitrogen and oxygen atoms in total. The maximum atomic E-state index is 6.10. The summed E-state index contributed by atoms with van der Waals surface area (Å²) in [6, 6.07) is 0.244. The molecule has 1 unspecified atom stereocenters. The second kappa shape index (κ2) is 6.62. The van der Waals surface area contributed by atoms with E-state index in [1.807, 2.05) is 11.8 Å². The molecule has 0 spiro atoms. The molecule has 0 radical (unpaired) electrons. The van der Waals surface area contributed by atoms with Crippen LogP contribution in [0.4, 0.5) is 0 Å². The molecule has 1 heterocycles. The van der Waals surface area contributed by atoms with E-state index in [1.54, 1.807) is 11.3 Å². The van der Waals surface area contributed by atoms with E-state index in [9.17, 15) is 0 Å². The first-order valence-electron chi connectivity index (χ1n) is 5.75. The molecule has 0 aliphatic rings. The zero-order chi connectivity index (χ0) is 12.1. The van der Waals surface area contributed by atoms with Crippen molar-refractivity contribution in [2.45, 2.75) is 40.2 Å². The monoisotopic (exact) mass is 258 g/mol. The normalized spacial score (nSPS) is 13.4. The fraction of sp³-hybridized carbons (Fsp3) is 0.750. The lowest BCUT2D eigenvalue weighted by molar-refractivity contribution is 0.728. The number of thiazole rings is 1. The highest BCUT2D eigenvalue weighted by Gasteiger charge is 2.09. The summed E-state index contributed by atoms with van der Waals surface area (Å²) in [6.45, 7) is 8.67. The van der Waals surface area contributed by atoms with Gasteiger partial charge in [-0.05, 0) is 25.5 Å². The molecule has 1 atom stereocenters. The molecule has 0 saturated heterocycles. The zero-order valence-corrected chi connectivity index (χ0v) is 12.3. The first kappa shape index (κ1) is 14.0. The Bertz CT molecular complexity index is 301. The van der Waals surface area contributed by atoms with Crippen LogP contribution in [0.15, 0.2) is 0 Å². The maximum Gasteiger partial charge on any atom is 0.0946 e. The predicted octanol–water partition coefficient (Wildman–Crippen LogP) is 3.02. The first-order valence-corrected chi connectivity index (χ1v) is 7.72. The van der Waals surface area contributed by atoms with Gasteiger partial charge in [0.2, 0.25) is 0 Å². The van der Waals surface area contributed by atoms with Gasteiger partial charge >= 0.3 is 0 Å². The molecule has 1 aromatic rings. The van der Waals surface area contributed by atoms with Gasteiger partial charge in [-0.1, -0.05) is 13.8 Å². The molecule has 92 valence electrons. The Kier molecular flexibility index (Phi) is 5.79. The summed E-state index contributed by atoms with van der Waals surface area (Å²) in [4.78, 5) is 5.84. The van der Waals surface area contributed by atoms with Gasteiger partial charge in [-0.2, -0.15) is 11.8 Å². The Morgan fingerprint density at radius 2 is 2.00 bits per heavy atom. The van der Waals surface area contributed by atoms with Crippen molar-refractivity contribution in [1.82, 2.24) is 4.98 Å². The van der Waals surface area contributed by atoms with Crippen LogP contribution in [0.5, 0.6) is 0 Å². The SMILES string of the molecule is Cc1nc(CC(N)CSCC(C)C)sc1C. The Labute approximate surface area is 107 Å². The number of aryl methyl sites for hydroxylation is 2. The lowest BCUT2D eigenvalue weighted by Crippen LogP contribution is -2.25. The standard InChI is InChI=1S/C12H22N2S2/c1-8(2)6-15-7-11(13)5-12-14-9(3)10(4)16-12/h8,11H,5-7,13H2,1-4H3. The number of rotatable bonds is 6. The van der Waals surface area contributed by atoms with Gasteiger partial charge in [0.05, 0.1) is 10.7 Å². The molecule has 0 aliphatic heterocycles. The molecule has 0 fully saturated rings. The fourth-order valence-electron chi connectivity index (χ4n) is 1.36. The van der Waals surface area contributed by atoms with Gasteiger partial charge in [0.1, 0.15) is 0 Å². The fourth-order valence-corrected chi connectivity index (χ4v) is 3.42. The minimum Gasteiger partial charge on any atom is -0.327 e. The van der Waals surface area contributed by atoms with E-state index in [-0.39, 0.29) is 6.04 Å². The Balaban J connectivity index is 2.31. The third kappa shape index (κ3) is 4.85.